The summed E-state index contributed by atoms with van der Waals surface area (Å²) in [5.74, 6) is 0.893. The van der Waals surface area contributed by atoms with Crippen molar-refractivity contribution in [3.63, 3.8) is 0 Å². The van der Waals surface area contributed by atoms with Gasteiger partial charge in [-0.15, -0.1) is 0 Å². The number of carbonyl (C=O) groups is 1. The fourth-order valence-corrected chi connectivity index (χ4v) is 2.83. The van der Waals surface area contributed by atoms with Gasteiger partial charge < -0.3 is 19.5 Å². The number of methoxy groups -OCH3 is 1. The van der Waals surface area contributed by atoms with Crippen molar-refractivity contribution in [1.29, 1.82) is 0 Å². The van der Waals surface area contributed by atoms with Crippen LogP contribution >= 0.6 is 0 Å². The summed E-state index contributed by atoms with van der Waals surface area (Å²) in [4.78, 5) is 12.4. The molecule has 1 N–H and O–H groups in total. The molecule has 1 unspecified atom stereocenters. The van der Waals surface area contributed by atoms with Crippen LogP contribution < -0.4 is 19.5 Å². The van der Waals surface area contributed by atoms with Gasteiger partial charge in [0.1, 0.15) is 5.75 Å². The molecule has 0 aromatic heterocycles. The maximum atomic E-state index is 12.6. The van der Waals surface area contributed by atoms with E-state index < -0.39 is 12.7 Å². The summed E-state index contributed by atoms with van der Waals surface area (Å²) in [7, 11) is 1.56. The molecule has 1 amide bonds. The first-order valence-electron chi connectivity index (χ1n) is 9.31. The molecule has 0 heterocycles. The van der Waals surface area contributed by atoms with Gasteiger partial charge in [0.05, 0.1) is 19.8 Å². The molecule has 0 aliphatic rings. The zero-order chi connectivity index (χ0) is 21.2. The molecular formula is C22H25F2NO4. The molecule has 5 nitrogen and oxygen atoms in total. The third-order valence-electron chi connectivity index (χ3n) is 4.15. The SMILES string of the molecule is CCOc1cc(/C=C/C(=O)NC(CC)c2ccccc2OC(F)F)ccc1OC. The van der Waals surface area contributed by atoms with Crippen LogP contribution in [0.25, 0.3) is 6.08 Å². The van der Waals surface area contributed by atoms with E-state index in [0.717, 1.165) is 5.56 Å². The molecule has 2 aromatic carbocycles. The van der Waals surface area contributed by atoms with Gasteiger partial charge in [0.25, 0.3) is 0 Å². The van der Waals surface area contributed by atoms with E-state index in [0.29, 0.717) is 30.1 Å². The topological polar surface area (TPSA) is 56.8 Å². The van der Waals surface area contributed by atoms with E-state index in [1.54, 1.807) is 49.6 Å². The largest absolute Gasteiger partial charge is 0.493 e. The summed E-state index contributed by atoms with van der Waals surface area (Å²) in [6.45, 7) is 1.28. The van der Waals surface area contributed by atoms with Crippen molar-refractivity contribution in [2.75, 3.05) is 13.7 Å². The third-order valence-corrected chi connectivity index (χ3v) is 4.15. The molecular weight excluding hydrogens is 380 g/mol. The highest BCUT2D eigenvalue weighted by Gasteiger charge is 2.18. The lowest BCUT2D eigenvalue weighted by Gasteiger charge is -2.19. The molecule has 156 valence electrons. The Morgan fingerprint density at radius 2 is 1.86 bits per heavy atom. The summed E-state index contributed by atoms with van der Waals surface area (Å²) < 4.78 is 40.6. The molecule has 0 saturated heterocycles. The van der Waals surface area contributed by atoms with Crippen LogP contribution in [0.3, 0.4) is 0 Å². The zero-order valence-corrected chi connectivity index (χ0v) is 16.7. The number of nitrogens with one attached hydrogen (secondary N) is 1. The van der Waals surface area contributed by atoms with Crippen molar-refractivity contribution in [2.24, 2.45) is 0 Å². The van der Waals surface area contributed by atoms with Crippen molar-refractivity contribution in [2.45, 2.75) is 32.9 Å². The van der Waals surface area contributed by atoms with Gasteiger partial charge in [-0.3, -0.25) is 4.79 Å². The standard InChI is InChI=1S/C22H25F2NO4/c1-4-17(16-8-6-7-9-18(16)29-22(23)24)25-21(26)13-11-15-10-12-19(27-3)20(14-15)28-5-2/h6-14,17,22H,4-5H2,1-3H3,(H,25,26)/b13-11+. The molecule has 2 aromatic rings. The minimum atomic E-state index is -2.93. The summed E-state index contributed by atoms with van der Waals surface area (Å²) in [6.07, 6.45) is 3.54. The second-order valence-electron chi connectivity index (χ2n) is 6.06. The molecule has 0 spiro atoms. The number of amides is 1. The number of rotatable bonds is 10. The number of hydrogen-bond acceptors (Lipinski definition) is 4. The van der Waals surface area contributed by atoms with Gasteiger partial charge in [-0.25, -0.2) is 0 Å². The predicted molar refractivity (Wildman–Crippen MR) is 107 cm³/mol. The van der Waals surface area contributed by atoms with Crippen molar-refractivity contribution >= 4 is 12.0 Å². The van der Waals surface area contributed by atoms with Crippen LogP contribution in [-0.4, -0.2) is 26.2 Å². The lowest BCUT2D eigenvalue weighted by atomic mass is 10.0. The highest BCUT2D eigenvalue weighted by Crippen LogP contribution is 2.29. The van der Waals surface area contributed by atoms with Crippen molar-refractivity contribution in [3.05, 3.63) is 59.7 Å². The fourth-order valence-electron chi connectivity index (χ4n) is 2.83. The van der Waals surface area contributed by atoms with E-state index in [2.05, 4.69) is 10.1 Å². The Bertz CT molecular complexity index is 839. The first-order chi connectivity index (χ1) is 14.0. The predicted octanol–water partition coefficient (Wildman–Crippen LogP) is 4.98. The lowest BCUT2D eigenvalue weighted by Crippen LogP contribution is -2.27. The molecule has 0 saturated carbocycles. The number of para-hydroxylation sites is 1. The molecule has 0 radical (unpaired) electrons. The van der Waals surface area contributed by atoms with Gasteiger partial charge in [-0.05, 0) is 43.2 Å². The van der Waals surface area contributed by atoms with Crippen LogP contribution in [-0.2, 0) is 4.79 Å². The Hall–Kier alpha value is -3.09. The fraction of sp³-hybridized carbons (Fsp3) is 0.318. The van der Waals surface area contributed by atoms with Crippen molar-refractivity contribution < 1.29 is 27.8 Å². The minimum absolute atomic E-state index is 0.0511. The highest BCUT2D eigenvalue weighted by atomic mass is 19.3. The second kappa shape index (κ2) is 11.0. The summed E-state index contributed by atoms with van der Waals surface area (Å²) in [6, 6.07) is 11.3. The van der Waals surface area contributed by atoms with Gasteiger partial charge in [-0.1, -0.05) is 31.2 Å². The van der Waals surface area contributed by atoms with E-state index in [1.807, 2.05) is 13.8 Å². The van der Waals surface area contributed by atoms with Gasteiger partial charge >= 0.3 is 6.61 Å². The minimum Gasteiger partial charge on any atom is -0.493 e. The number of carbonyl (C=O) groups excluding carboxylic acids is 1. The number of hydrogen-bond donors (Lipinski definition) is 1. The van der Waals surface area contributed by atoms with Crippen LogP contribution in [0.1, 0.15) is 37.4 Å². The van der Waals surface area contributed by atoms with E-state index in [1.165, 1.54) is 12.1 Å². The smallest absolute Gasteiger partial charge is 0.387 e. The molecule has 29 heavy (non-hydrogen) atoms. The average Bonchev–Trinajstić information content (AvgIpc) is 2.71. The maximum absolute atomic E-state index is 12.6. The van der Waals surface area contributed by atoms with Crippen molar-refractivity contribution in [3.8, 4) is 17.2 Å². The summed E-state index contributed by atoms with van der Waals surface area (Å²) in [5, 5.41) is 2.82. The quantitative estimate of drug-likeness (QED) is 0.567. The molecule has 1 atom stereocenters. The number of alkyl halides is 2. The van der Waals surface area contributed by atoms with E-state index in [4.69, 9.17) is 9.47 Å². The molecule has 0 bridgehead atoms. The number of ether oxygens (including phenoxy) is 3. The Morgan fingerprint density at radius 1 is 1.10 bits per heavy atom. The van der Waals surface area contributed by atoms with Crippen LogP contribution in [0, 0.1) is 0 Å². The van der Waals surface area contributed by atoms with Crippen LogP contribution in [0.2, 0.25) is 0 Å². The van der Waals surface area contributed by atoms with Crippen LogP contribution in [0.15, 0.2) is 48.5 Å². The van der Waals surface area contributed by atoms with E-state index >= 15 is 0 Å². The normalized spacial score (nSPS) is 12.1. The van der Waals surface area contributed by atoms with E-state index in [-0.39, 0.29) is 11.7 Å². The lowest BCUT2D eigenvalue weighted by molar-refractivity contribution is -0.117. The monoisotopic (exact) mass is 405 g/mol. The maximum Gasteiger partial charge on any atom is 0.387 e. The van der Waals surface area contributed by atoms with Crippen LogP contribution in [0.5, 0.6) is 17.2 Å². The highest BCUT2D eigenvalue weighted by molar-refractivity contribution is 5.92. The summed E-state index contributed by atoms with van der Waals surface area (Å²) in [5.41, 5.74) is 1.26. The Kier molecular flexibility index (Phi) is 8.45. The Balaban J connectivity index is 2.12. The Labute approximate surface area is 169 Å². The average molecular weight is 405 g/mol. The molecule has 0 aliphatic heterocycles. The van der Waals surface area contributed by atoms with Gasteiger partial charge in [0, 0.05) is 11.6 Å². The molecule has 7 heteroatoms. The van der Waals surface area contributed by atoms with E-state index in [9.17, 15) is 13.6 Å². The second-order valence-corrected chi connectivity index (χ2v) is 6.06. The van der Waals surface area contributed by atoms with Crippen LogP contribution in [0.4, 0.5) is 8.78 Å². The molecule has 0 aliphatic carbocycles. The van der Waals surface area contributed by atoms with Gasteiger partial charge in [0.2, 0.25) is 5.91 Å². The van der Waals surface area contributed by atoms with Gasteiger partial charge in [0.15, 0.2) is 11.5 Å². The number of halogens is 2. The third kappa shape index (κ3) is 6.48. The van der Waals surface area contributed by atoms with Crippen molar-refractivity contribution in [1.82, 2.24) is 5.32 Å². The zero-order valence-electron chi connectivity index (χ0n) is 16.7. The summed E-state index contributed by atoms with van der Waals surface area (Å²) >= 11 is 0. The first kappa shape index (κ1) is 22.2. The first-order valence-corrected chi connectivity index (χ1v) is 9.31. The number of benzene rings is 2. The molecule has 2 rings (SSSR count). The van der Waals surface area contributed by atoms with Gasteiger partial charge in [-0.2, -0.15) is 8.78 Å². The Morgan fingerprint density at radius 3 is 2.52 bits per heavy atom. The molecule has 0 fully saturated rings.